The van der Waals surface area contributed by atoms with Crippen molar-refractivity contribution in [3.05, 3.63) is 58.3 Å². The molecular weight excluding hydrogens is 268 g/mol. The average molecular weight is 286 g/mol. The van der Waals surface area contributed by atoms with Crippen molar-refractivity contribution in [2.75, 3.05) is 13.1 Å². The van der Waals surface area contributed by atoms with Crippen molar-refractivity contribution in [2.45, 2.75) is 19.0 Å². The van der Waals surface area contributed by atoms with Crippen LogP contribution >= 0.6 is 0 Å². The number of aromatic amines is 1. The molecule has 1 amide bonds. The normalized spacial score (nSPS) is 17.8. The first-order chi connectivity index (χ1) is 10.2. The summed E-state index contributed by atoms with van der Waals surface area (Å²) in [6.45, 7) is 2.07. The molecule has 0 saturated carbocycles. The summed E-state index contributed by atoms with van der Waals surface area (Å²) in [7, 11) is 0. The van der Waals surface area contributed by atoms with Crippen molar-refractivity contribution in [1.82, 2.24) is 20.2 Å². The Morgan fingerprint density at radius 2 is 2.14 bits per heavy atom. The number of amides is 1. The van der Waals surface area contributed by atoms with E-state index in [9.17, 15) is 9.59 Å². The molecule has 0 aliphatic carbocycles. The van der Waals surface area contributed by atoms with Gasteiger partial charge < -0.3 is 15.6 Å². The molecular formula is C15H18N4O2. The van der Waals surface area contributed by atoms with Crippen LogP contribution in [-0.2, 0) is 6.54 Å². The fourth-order valence-electron chi connectivity index (χ4n) is 2.54. The molecule has 3 N–H and O–H groups in total. The SMILES string of the molecule is O=C(NC1CCNC1)c1c[nH]c(=O)n1Cc1ccccc1. The maximum absolute atomic E-state index is 12.3. The minimum absolute atomic E-state index is 0.132. The zero-order chi connectivity index (χ0) is 14.7. The van der Waals surface area contributed by atoms with Gasteiger partial charge in [0.05, 0.1) is 6.54 Å². The van der Waals surface area contributed by atoms with E-state index >= 15 is 0 Å². The number of hydrogen-bond donors (Lipinski definition) is 3. The zero-order valence-electron chi connectivity index (χ0n) is 11.6. The lowest BCUT2D eigenvalue weighted by Crippen LogP contribution is -2.38. The number of carbonyl (C=O) groups is 1. The van der Waals surface area contributed by atoms with Crippen molar-refractivity contribution in [2.24, 2.45) is 0 Å². The van der Waals surface area contributed by atoms with Gasteiger partial charge in [-0.1, -0.05) is 30.3 Å². The second-order valence-electron chi connectivity index (χ2n) is 5.21. The van der Waals surface area contributed by atoms with E-state index in [2.05, 4.69) is 15.6 Å². The van der Waals surface area contributed by atoms with E-state index in [1.165, 1.54) is 10.8 Å². The maximum Gasteiger partial charge on any atom is 0.326 e. The molecule has 1 saturated heterocycles. The van der Waals surface area contributed by atoms with E-state index in [0.29, 0.717) is 12.2 Å². The number of H-pyrrole nitrogens is 1. The standard InChI is InChI=1S/C15H18N4O2/c20-14(18-12-6-7-16-8-12)13-9-17-15(21)19(13)10-11-4-2-1-3-5-11/h1-5,9,12,16H,6-8,10H2,(H,17,21)(H,18,20). The Hall–Kier alpha value is -2.34. The molecule has 2 heterocycles. The molecule has 1 aromatic heterocycles. The van der Waals surface area contributed by atoms with Gasteiger partial charge >= 0.3 is 5.69 Å². The van der Waals surface area contributed by atoms with Gasteiger partial charge in [-0.2, -0.15) is 0 Å². The molecule has 21 heavy (non-hydrogen) atoms. The van der Waals surface area contributed by atoms with Gasteiger partial charge in [-0.3, -0.25) is 9.36 Å². The number of nitrogens with one attached hydrogen (secondary N) is 3. The predicted molar refractivity (Wildman–Crippen MR) is 79.3 cm³/mol. The number of rotatable bonds is 4. The number of carbonyl (C=O) groups excluding carboxylic acids is 1. The van der Waals surface area contributed by atoms with Crippen LogP contribution in [0.15, 0.2) is 41.3 Å². The second-order valence-corrected chi connectivity index (χ2v) is 5.21. The fraction of sp³-hybridized carbons (Fsp3) is 0.333. The minimum atomic E-state index is -0.270. The van der Waals surface area contributed by atoms with Gasteiger partial charge in [0.15, 0.2) is 0 Å². The smallest absolute Gasteiger partial charge is 0.326 e. The van der Waals surface area contributed by atoms with Crippen LogP contribution in [0.3, 0.4) is 0 Å². The number of aromatic nitrogens is 2. The molecule has 1 fully saturated rings. The van der Waals surface area contributed by atoms with E-state index in [1.807, 2.05) is 30.3 Å². The van der Waals surface area contributed by atoms with E-state index in [4.69, 9.17) is 0 Å². The lowest BCUT2D eigenvalue weighted by atomic mass is 10.2. The molecule has 6 heteroatoms. The number of imidazole rings is 1. The Labute approximate surface area is 122 Å². The van der Waals surface area contributed by atoms with E-state index in [1.54, 1.807) is 0 Å². The van der Waals surface area contributed by atoms with Crippen molar-refractivity contribution in [3.8, 4) is 0 Å². The summed E-state index contributed by atoms with van der Waals surface area (Å²) >= 11 is 0. The largest absolute Gasteiger partial charge is 0.347 e. The molecule has 3 rings (SSSR count). The molecule has 1 unspecified atom stereocenters. The highest BCUT2D eigenvalue weighted by atomic mass is 16.2. The van der Waals surface area contributed by atoms with Crippen LogP contribution in [-0.4, -0.2) is 34.6 Å². The molecule has 1 aliphatic rings. The Kier molecular flexibility index (Phi) is 3.87. The maximum atomic E-state index is 12.3. The van der Waals surface area contributed by atoms with E-state index in [0.717, 1.165) is 25.1 Å². The monoisotopic (exact) mass is 286 g/mol. The topological polar surface area (TPSA) is 78.9 Å². The summed E-state index contributed by atoms with van der Waals surface area (Å²) in [5.74, 6) is -0.210. The lowest BCUT2D eigenvalue weighted by Gasteiger charge is -2.12. The molecule has 0 radical (unpaired) electrons. The van der Waals surface area contributed by atoms with Gasteiger partial charge in [0.1, 0.15) is 5.69 Å². The number of benzene rings is 1. The first kappa shape index (κ1) is 13.6. The summed E-state index contributed by atoms with van der Waals surface area (Å²) in [6.07, 6.45) is 2.39. The summed E-state index contributed by atoms with van der Waals surface area (Å²) in [5.41, 5.74) is 1.08. The van der Waals surface area contributed by atoms with Crippen LogP contribution in [0.5, 0.6) is 0 Å². The molecule has 0 bridgehead atoms. The lowest BCUT2D eigenvalue weighted by molar-refractivity contribution is 0.0931. The van der Waals surface area contributed by atoms with Crippen LogP contribution in [0.4, 0.5) is 0 Å². The third-order valence-corrected chi connectivity index (χ3v) is 3.68. The average Bonchev–Trinajstić information content (AvgIpc) is 3.11. The molecule has 1 aliphatic heterocycles. The van der Waals surface area contributed by atoms with Gasteiger partial charge in [0.25, 0.3) is 5.91 Å². The zero-order valence-corrected chi connectivity index (χ0v) is 11.6. The summed E-state index contributed by atoms with van der Waals surface area (Å²) in [5, 5.41) is 6.15. The molecule has 2 aromatic rings. The fourth-order valence-corrected chi connectivity index (χ4v) is 2.54. The highest BCUT2D eigenvalue weighted by Gasteiger charge is 2.20. The van der Waals surface area contributed by atoms with Crippen molar-refractivity contribution in [1.29, 1.82) is 0 Å². The highest BCUT2D eigenvalue weighted by molar-refractivity contribution is 5.92. The molecule has 1 atom stereocenters. The van der Waals surface area contributed by atoms with Crippen LogP contribution in [0.25, 0.3) is 0 Å². The molecule has 1 aromatic carbocycles. The first-order valence-corrected chi connectivity index (χ1v) is 7.08. The number of nitrogens with zero attached hydrogens (tertiary/aromatic N) is 1. The van der Waals surface area contributed by atoms with Gasteiger partial charge in [-0.25, -0.2) is 4.79 Å². The van der Waals surface area contributed by atoms with E-state index < -0.39 is 0 Å². The van der Waals surface area contributed by atoms with E-state index in [-0.39, 0.29) is 17.6 Å². The van der Waals surface area contributed by atoms with Crippen molar-refractivity contribution in [3.63, 3.8) is 0 Å². The summed E-state index contributed by atoms with van der Waals surface area (Å²) in [4.78, 5) is 26.8. The van der Waals surface area contributed by atoms with Gasteiger partial charge in [0.2, 0.25) is 0 Å². The first-order valence-electron chi connectivity index (χ1n) is 7.08. The summed E-state index contributed by atoms with van der Waals surface area (Å²) < 4.78 is 1.47. The Morgan fingerprint density at radius 3 is 2.86 bits per heavy atom. The van der Waals surface area contributed by atoms with Crippen LogP contribution in [0.2, 0.25) is 0 Å². The molecule has 110 valence electrons. The molecule has 6 nitrogen and oxygen atoms in total. The predicted octanol–water partition coefficient (Wildman–Crippen LogP) is 0.316. The second kappa shape index (κ2) is 5.97. The third-order valence-electron chi connectivity index (χ3n) is 3.68. The number of hydrogen-bond acceptors (Lipinski definition) is 3. The van der Waals surface area contributed by atoms with Gasteiger partial charge in [-0.15, -0.1) is 0 Å². The van der Waals surface area contributed by atoms with Crippen LogP contribution in [0, 0.1) is 0 Å². The Bertz CT molecular complexity index is 668. The quantitative estimate of drug-likeness (QED) is 0.757. The van der Waals surface area contributed by atoms with Crippen LogP contribution < -0.4 is 16.3 Å². The minimum Gasteiger partial charge on any atom is -0.347 e. The van der Waals surface area contributed by atoms with Crippen molar-refractivity contribution < 1.29 is 4.79 Å². The third kappa shape index (κ3) is 3.05. The van der Waals surface area contributed by atoms with Crippen LogP contribution in [0.1, 0.15) is 22.5 Å². The molecule has 0 spiro atoms. The Balaban J connectivity index is 1.79. The summed E-state index contributed by atoms with van der Waals surface area (Å²) in [6, 6.07) is 9.75. The van der Waals surface area contributed by atoms with Gasteiger partial charge in [-0.05, 0) is 18.5 Å². The highest BCUT2D eigenvalue weighted by Crippen LogP contribution is 2.05. The van der Waals surface area contributed by atoms with Crippen molar-refractivity contribution >= 4 is 5.91 Å². The Morgan fingerprint density at radius 1 is 1.33 bits per heavy atom. The van der Waals surface area contributed by atoms with Gasteiger partial charge in [0, 0.05) is 18.8 Å².